The molecule has 130 valence electrons. The molecule has 0 aliphatic carbocycles. The number of rotatable bonds is 8. The van der Waals surface area contributed by atoms with Gasteiger partial charge in [0.1, 0.15) is 6.61 Å². The van der Waals surface area contributed by atoms with Gasteiger partial charge in [-0.1, -0.05) is 46.6 Å². The Labute approximate surface area is 157 Å². The first-order valence-corrected chi connectivity index (χ1v) is 9.17. The second-order valence-electron chi connectivity index (χ2n) is 5.70. The second kappa shape index (κ2) is 9.30. The van der Waals surface area contributed by atoms with Gasteiger partial charge in [-0.25, -0.2) is 0 Å². The molecular weight excluding hydrogens is 390 g/mol. The monoisotopic (exact) mass is 411 g/mol. The second-order valence-corrected chi connectivity index (χ2v) is 6.99. The highest BCUT2D eigenvalue weighted by Crippen LogP contribution is 2.34. The van der Waals surface area contributed by atoms with Crippen LogP contribution in [0.15, 0.2) is 40.9 Å². The molecule has 1 N–H and O–H groups in total. The van der Waals surface area contributed by atoms with Crippen LogP contribution in [0.5, 0.6) is 11.5 Å². The third-order valence-electron chi connectivity index (χ3n) is 3.89. The smallest absolute Gasteiger partial charge is 0.162 e. The highest BCUT2D eigenvalue weighted by atomic mass is 79.9. The Morgan fingerprint density at radius 3 is 2.50 bits per heavy atom. The van der Waals surface area contributed by atoms with Gasteiger partial charge in [0, 0.05) is 22.1 Å². The fraction of sp³-hybridized carbons (Fsp3) is 0.368. The first-order valence-electron chi connectivity index (χ1n) is 8.00. The SMILES string of the molecule is CCC(C)NCc1cc(OC)c(OCc2ccc(Cl)cc2)cc1Br. The summed E-state index contributed by atoms with van der Waals surface area (Å²) >= 11 is 9.53. The lowest BCUT2D eigenvalue weighted by molar-refractivity contribution is 0.284. The van der Waals surface area contributed by atoms with Gasteiger partial charge in [-0.15, -0.1) is 0 Å². The molecule has 1 atom stereocenters. The van der Waals surface area contributed by atoms with Crippen molar-refractivity contribution in [1.29, 1.82) is 0 Å². The van der Waals surface area contributed by atoms with Crippen molar-refractivity contribution >= 4 is 27.5 Å². The summed E-state index contributed by atoms with van der Waals surface area (Å²) in [6.45, 7) is 5.59. The van der Waals surface area contributed by atoms with Crippen molar-refractivity contribution in [2.45, 2.75) is 39.5 Å². The summed E-state index contributed by atoms with van der Waals surface area (Å²) in [7, 11) is 1.66. The highest BCUT2D eigenvalue weighted by Gasteiger charge is 2.11. The van der Waals surface area contributed by atoms with Crippen LogP contribution in [0.3, 0.4) is 0 Å². The van der Waals surface area contributed by atoms with Crippen LogP contribution >= 0.6 is 27.5 Å². The first kappa shape index (κ1) is 19.1. The minimum atomic E-state index is 0.463. The summed E-state index contributed by atoms with van der Waals surface area (Å²) in [6.07, 6.45) is 1.09. The molecule has 0 radical (unpaired) electrons. The zero-order chi connectivity index (χ0) is 17.5. The first-order chi connectivity index (χ1) is 11.5. The lowest BCUT2D eigenvalue weighted by atomic mass is 10.1. The molecule has 0 heterocycles. The molecule has 1 unspecified atom stereocenters. The van der Waals surface area contributed by atoms with E-state index in [9.17, 15) is 0 Å². The number of hydrogen-bond acceptors (Lipinski definition) is 3. The minimum absolute atomic E-state index is 0.463. The van der Waals surface area contributed by atoms with Gasteiger partial charge in [0.05, 0.1) is 7.11 Å². The van der Waals surface area contributed by atoms with E-state index >= 15 is 0 Å². The quantitative estimate of drug-likeness (QED) is 0.614. The zero-order valence-corrected chi connectivity index (χ0v) is 16.6. The lowest BCUT2D eigenvalue weighted by Crippen LogP contribution is -2.24. The normalized spacial score (nSPS) is 12.0. The molecule has 0 fully saturated rings. The van der Waals surface area contributed by atoms with E-state index in [1.54, 1.807) is 7.11 Å². The van der Waals surface area contributed by atoms with E-state index < -0.39 is 0 Å². The Morgan fingerprint density at radius 2 is 1.88 bits per heavy atom. The Kier molecular flexibility index (Phi) is 7.40. The maximum atomic E-state index is 5.92. The molecule has 0 bridgehead atoms. The molecule has 0 amide bonds. The van der Waals surface area contributed by atoms with E-state index in [1.165, 1.54) is 0 Å². The number of nitrogens with one attached hydrogen (secondary N) is 1. The summed E-state index contributed by atoms with van der Waals surface area (Å²) in [5.41, 5.74) is 2.20. The van der Waals surface area contributed by atoms with Crippen molar-refractivity contribution in [1.82, 2.24) is 5.32 Å². The summed E-state index contributed by atoms with van der Waals surface area (Å²) in [5.74, 6) is 1.44. The fourth-order valence-electron chi connectivity index (χ4n) is 2.16. The van der Waals surface area contributed by atoms with E-state index in [1.807, 2.05) is 36.4 Å². The Hall–Kier alpha value is -1.23. The average Bonchev–Trinajstić information content (AvgIpc) is 2.60. The van der Waals surface area contributed by atoms with E-state index in [0.29, 0.717) is 18.4 Å². The van der Waals surface area contributed by atoms with Crippen LogP contribution in [0.4, 0.5) is 0 Å². The molecule has 0 aliphatic heterocycles. The Bertz CT molecular complexity index is 661. The molecule has 2 rings (SSSR count). The van der Waals surface area contributed by atoms with Crippen LogP contribution in [0.2, 0.25) is 5.02 Å². The van der Waals surface area contributed by atoms with Gasteiger partial charge in [0.15, 0.2) is 11.5 Å². The van der Waals surface area contributed by atoms with Gasteiger partial charge in [-0.05, 0) is 48.7 Å². The van der Waals surface area contributed by atoms with Crippen molar-refractivity contribution in [3.05, 3.63) is 57.0 Å². The summed E-state index contributed by atoms with van der Waals surface area (Å²) in [4.78, 5) is 0. The molecule has 0 aromatic heterocycles. The third-order valence-corrected chi connectivity index (χ3v) is 4.88. The van der Waals surface area contributed by atoms with Gasteiger partial charge >= 0.3 is 0 Å². The summed E-state index contributed by atoms with van der Waals surface area (Å²) < 4.78 is 12.4. The fourth-order valence-corrected chi connectivity index (χ4v) is 2.74. The Morgan fingerprint density at radius 1 is 1.17 bits per heavy atom. The van der Waals surface area contributed by atoms with E-state index in [-0.39, 0.29) is 0 Å². The minimum Gasteiger partial charge on any atom is -0.493 e. The van der Waals surface area contributed by atoms with Crippen molar-refractivity contribution in [3.8, 4) is 11.5 Å². The molecule has 2 aromatic carbocycles. The molecular formula is C19H23BrClNO2. The molecule has 3 nitrogen and oxygen atoms in total. The topological polar surface area (TPSA) is 30.5 Å². The molecule has 24 heavy (non-hydrogen) atoms. The van der Waals surface area contributed by atoms with Crippen LogP contribution in [-0.2, 0) is 13.2 Å². The molecule has 0 aliphatic rings. The van der Waals surface area contributed by atoms with Crippen molar-refractivity contribution < 1.29 is 9.47 Å². The summed E-state index contributed by atoms with van der Waals surface area (Å²) in [5, 5.41) is 4.20. The standard InChI is InChI=1S/C19H23BrClNO2/c1-4-13(2)22-11-15-9-18(23-3)19(10-17(15)20)24-12-14-5-7-16(21)8-6-14/h5-10,13,22H,4,11-12H2,1-3H3. The number of ether oxygens (including phenoxy) is 2. The van der Waals surface area contributed by atoms with Crippen LogP contribution in [0, 0.1) is 0 Å². The van der Waals surface area contributed by atoms with Crippen LogP contribution < -0.4 is 14.8 Å². The van der Waals surface area contributed by atoms with Crippen LogP contribution in [-0.4, -0.2) is 13.2 Å². The molecule has 0 saturated heterocycles. The lowest BCUT2D eigenvalue weighted by Gasteiger charge is -2.16. The molecule has 0 saturated carbocycles. The van der Waals surface area contributed by atoms with E-state index in [0.717, 1.165) is 39.3 Å². The van der Waals surface area contributed by atoms with Crippen LogP contribution in [0.25, 0.3) is 0 Å². The maximum Gasteiger partial charge on any atom is 0.162 e. The zero-order valence-electron chi connectivity index (χ0n) is 14.2. The number of halogens is 2. The van der Waals surface area contributed by atoms with Crippen LogP contribution in [0.1, 0.15) is 31.4 Å². The highest BCUT2D eigenvalue weighted by molar-refractivity contribution is 9.10. The van der Waals surface area contributed by atoms with Gasteiger partial charge in [0.2, 0.25) is 0 Å². The predicted molar refractivity (Wildman–Crippen MR) is 103 cm³/mol. The Balaban J connectivity index is 2.09. The number of methoxy groups -OCH3 is 1. The average molecular weight is 413 g/mol. The largest absolute Gasteiger partial charge is 0.493 e. The predicted octanol–water partition coefficient (Wildman–Crippen LogP) is 5.58. The molecule has 0 spiro atoms. The van der Waals surface area contributed by atoms with E-state index in [2.05, 4.69) is 35.1 Å². The third kappa shape index (κ3) is 5.40. The molecule has 5 heteroatoms. The number of benzene rings is 2. The van der Waals surface area contributed by atoms with Crippen molar-refractivity contribution in [3.63, 3.8) is 0 Å². The van der Waals surface area contributed by atoms with E-state index in [4.69, 9.17) is 21.1 Å². The maximum absolute atomic E-state index is 5.92. The van der Waals surface area contributed by atoms with Crippen molar-refractivity contribution in [2.75, 3.05) is 7.11 Å². The summed E-state index contributed by atoms with van der Waals surface area (Å²) in [6, 6.07) is 12.1. The van der Waals surface area contributed by atoms with Crippen molar-refractivity contribution in [2.24, 2.45) is 0 Å². The number of hydrogen-bond donors (Lipinski definition) is 1. The van der Waals surface area contributed by atoms with Gasteiger partial charge in [-0.2, -0.15) is 0 Å². The molecule has 2 aromatic rings. The van der Waals surface area contributed by atoms with Gasteiger partial charge in [-0.3, -0.25) is 0 Å². The van der Waals surface area contributed by atoms with Gasteiger partial charge in [0.25, 0.3) is 0 Å². The van der Waals surface area contributed by atoms with Gasteiger partial charge < -0.3 is 14.8 Å².